The summed E-state index contributed by atoms with van der Waals surface area (Å²) in [5.74, 6) is -0.134. The zero-order valence-corrected chi connectivity index (χ0v) is 15.5. The summed E-state index contributed by atoms with van der Waals surface area (Å²) in [6, 6.07) is 11.4. The maximum atomic E-state index is 13.8. The third-order valence-corrected chi connectivity index (χ3v) is 4.76. The van der Waals surface area contributed by atoms with E-state index in [1.807, 2.05) is 12.1 Å². The third kappa shape index (κ3) is 4.09. The summed E-state index contributed by atoms with van der Waals surface area (Å²) < 4.78 is 32.0. The summed E-state index contributed by atoms with van der Waals surface area (Å²) >= 11 is 0. The van der Waals surface area contributed by atoms with Crippen LogP contribution < -0.4 is 10.1 Å². The maximum absolute atomic E-state index is 13.8. The van der Waals surface area contributed by atoms with E-state index in [-0.39, 0.29) is 5.69 Å². The van der Waals surface area contributed by atoms with Gasteiger partial charge in [0.25, 0.3) is 0 Å². The highest BCUT2D eigenvalue weighted by molar-refractivity contribution is 5.54. The van der Waals surface area contributed by atoms with Crippen LogP contribution in [0.3, 0.4) is 0 Å². The molecular formula is C21H20F2N4O. The van der Waals surface area contributed by atoms with Crippen molar-refractivity contribution in [2.24, 2.45) is 0 Å². The van der Waals surface area contributed by atoms with Gasteiger partial charge < -0.3 is 10.1 Å². The molecular weight excluding hydrogens is 362 g/mol. The molecule has 0 bridgehead atoms. The molecule has 0 atom stereocenters. The minimum Gasteiger partial charge on any atom is -0.497 e. The molecule has 0 spiro atoms. The first kappa shape index (κ1) is 18.3. The lowest BCUT2D eigenvalue weighted by Gasteiger charge is -2.28. The van der Waals surface area contributed by atoms with Crippen molar-refractivity contribution in [2.45, 2.75) is 19.5 Å². The van der Waals surface area contributed by atoms with Gasteiger partial charge in [-0.3, -0.25) is 4.90 Å². The van der Waals surface area contributed by atoms with Crippen molar-refractivity contribution in [2.75, 3.05) is 19.0 Å². The first-order valence-electron chi connectivity index (χ1n) is 9.03. The molecule has 7 heteroatoms. The van der Waals surface area contributed by atoms with Crippen LogP contribution in [0.4, 0.5) is 20.4 Å². The Morgan fingerprint density at radius 1 is 1.14 bits per heavy atom. The lowest BCUT2D eigenvalue weighted by molar-refractivity contribution is 0.243. The van der Waals surface area contributed by atoms with Gasteiger partial charge in [0.1, 0.15) is 17.4 Å². The average Bonchev–Trinajstić information content (AvgIpc) is 2.71. The van der Waals surface area contributed by atoms with E-state index >= 15 is 0 Å². The number of benzene rings is 2. The Kier molecular flexibility index (Phi) is 5.16. The Hall–Kier alpha value is -3.06. The van der Waals surface area contributed by atoms with Gasteiger partial charge in [-0.2, -0.15) is 0 Å². The van der Waals surface area contributed by atoms with Crippen LogP contribution >= 0.6 is 0 Å². The van der Waals surface area contributed by atoms with Crippen LogP contribution in [-0.4, -0.2) is 28.5 Å². The van der Waals surface area contributed by atoms with E-state index in [0.717, 1.165) is 49.1 Å². The standard InChI is InChI=1S/C21H20F2N4O/c1-28-17-5-2-14(3-6-17)12-27-9-8-19-15(13-27)11-24-21(25-19)26-20-7-4-16(22)10-18(20)23/h2-7,10-11H,8-9,12-13H2,1H3,(H,24,25,26). The minimum absolute atomic E-state index is 0.151. The molecule has 0 radical (unpaired) electrons. The van der Waals surface area contributed by atoms with Crippen molar-refractivity contribution in [1.29, 1.82) is 0 Å². The molecule has 1 aliphatic rings. The Morgan fingerprint density at radius 2 is 1.96 bits per heavy atom. The van der Waals surface area contributed by atoms with Crippen LogP contribution in [0.2, 0.25) is 0 Å². The molecule has 0 fully saturated rings. The van der Waals surface area contributed by atoms with Crippen LogP contribution in [0.5, 0.6) is 5.75 Å². The second-order valence-corrected chi connectivity index (χ2v) is 6.72. The fourth-order valence-electron chi connectivity index (χ4n) is 3.27. The van der Waals surface area contributed by atoms with Gasteiger partial charge in [0.05, 0.1) is 18.5 Å². The second-order valence-electron chi connectivity index (χ2n) is 6.72. The molecule has 144 valence electrons. The van der Waals surface area contributed by atoms with E-state index in [0.29, 0.717) is 5.95 Å². The predicted molar refractivity (Wildman–Crippen MR) is 102 cm³/mol. The maximum Gasteiger partial charge on any atom is 0.227 e. The SMILES string of the molecule is COc1ccc(CN2CCc3nc(Nc4ccc(F)cc4F)ncc3C2)cc1. The normalized spacial score (nSPS) is 13.8. The summed E-state index contributed by atoms with van der Waals surface area (Å²) in [4.78, 5) is 11.1. The lowest BCUT2D eigenvalue weighted by Crippen LogP contribution is -2.31. The number of hydrogen-bond donors (Lipinski definition) is 1. The van der Waals surface area contributed by atoms with Crippen molar-refractivity contribution in [1.82, 2.24) is 14.9 Å². The first-order valence-corrected chi connectivity index (χ1v) is 9.03. The van der Waals surface area contributed by atoms with Gasteiger partial charge >= 0.3 is 0 Å². The zero-order valence-electron chi connectivity index (χ0n) is 15.5. The highest BCUT2D eigenvalue weighted by Crippen LogP contribution is 2.23. The number of fused-ring (bicyclic) bond motifs is 1. The lowest BCUT2D eigenvalue weighted by atomic mass is 10.1. The van der Waals surface area contributed by atoms with Gasteiger partial charge in [0.2, 0.25) is 5.95 Å². The molecule has 0 saturated heterocycles. The molecule has 1 aromatic heterocycles. The van der Waals surface area contributed by atoms with Crippen LogP contribution in [0.15, 0.2) is 48.7 Å². The summed E-state index contributed by atoms with van der Waals surface area (Å²) in [6.07, 6.45) is 2.56. The minimum atomic E-state index is -0.674. The van der Waals surface area contributed by atoms with Crippen molar-refractivity contribution < 1.29 is 13.5 Å². The number of rotatable bonds is 5. The number of aromatic nitrogens is 2. The quantitative estimate of drug-likeness (QED) is 0.721. The molecule has 0 saturated carbocycles. The van der Waals surface area contributed by atoms with Gasteiger partial charge in [-0.25, -0.2) is 18.7 Å². The zero-order chi connectivity index (χ0) is 19.5. The molecule has 4 rings (SSSR count). The van der Waals surface area contributed by atoms with Crippen molar-refractivity contribution in [3.05, 3.63) is 77.1 Å². The van der Waals surface area contributed by atoms with Crippen molar-refractivity contribution in [3.63, 3.8) is 0 Å². The topological polar surface area (TPSA) is 50.3 Å². The number of methoxy groups -OCH3 is 1. The Labute approximate surface area is 162 Å². The smallest absolute Gasteiger partial charge is 0.227 e. The first-order chi connectivity index (χ1) is 13.6. The van der Waals surface area contributed by atoms with E-state index in [2.05, 4.69) is 32.3 Å². The van der Waals surface area contributed by atoms with Gasteiger partial charge in [-0.15, -0.1) is 0 Å². The average molecular weight is 382 g/mol. The van der Waals surface area contributed by atoms with Crippen LogP contribution in [0, 0.1) is 11.6 Å². The second kappa shape index (κ2) is 7.90. The number of ether oxygens (including phenoxy) is 1. The Balaban J connectivity index is 1.43. The van der Waals surface area contributed by atoms with Crippen molar-refractivity contribution >= 4 is 11.6 Å². The third-order valence-electron chi connectivity index (χ3n) is 4.76. The Bertz CT molecular complexity index is 979. The van der Waals surface area contributed by atoms with E-state index in [1.54, 1.807) is 13.3 Å². The molecule has 1 aliphatic heterocycles. The fraction of sp³-hybridized carbons (Fsp3) is 0.238. The Morgan fingerprint density at radius 3 is 2.71 bits per heavy atom. The molecule has 0 amide bonds. The summed E-state index contributed by atoms with van der Waals surface area (Å²) in [7, 11) is 1.66. The molecule has 0 unspecified atom stereocenters. The number of anilines is 2. The summed E-state index contributed by atoms with van der Waals surface area (Å²) in [5, 5.41) is 2.82. The molecule has 1 N–H and O–H groups in total. The summed E-state index contributed by atoms with van der Waals surface area (Å²) in [6.45, 7) is 2.47. The molecule has 3 aromatic rings. The van der Waals surface area contributed by atoms with E-state index in [4.69, 9.17) is 4.74 Å². The van der Waals surface area contributed by atoms with E-state index in [9.17, 15) is 8.78 Å². The van der Waals surface area contributed by atoms with Crippen LogP contribution in [-0.2, 0) is 19.5 Å². The highest BCUT2D eigenvalue weighted by Gasteiger charge is 2.19. The van der Waals surface area contributed by atoms with Crippen molar-refractivity contribution in [3.8, 4) is 5.75 Å². The van der Waals surface area contributed by atoms with E-state index in [1.165, 1.54) is 17.7 Å². The largest absolute Gasteiger partial charge is 0.497 e. The van der Waals surface area contributed by atoms with Crippen LogP contribution in [0.1, 0.15) is 16.8 Å². The molecule has 2 heterocycles. The molecule has 28 heavy (non-hydrogen) atoms. The fourth-order valence-corrected chi connectivity index (χ4v) is 3.27. The number of nitrogens with zero attached hydrogens (tertiary/aromatic N) is 3. The highest BCUT2D eigenvalue weighted by atomic mass is 19.1. The van der Waals surface area contributed by atoms with Gasteiger partial charge in [0, 0.05) is 43.9 Å². The summed E-state index contributed by atoms with van der Waals surface area (Å²) in [5.41, 5.74) is 3.38. The monoisotopic (exact) mass is 382 g/mol. The number of hydrogen-bond acceptors (Lipinski definition) is 5. The van der Waals surface area contributed by atoms with Crippen LogP contribution in [0.25, 0.3) is 0 Å². The molecule has 0 aliphatic carbocycles. The predicted octanol–water partition coefficient (Wildman–Crippen LogP) is 4.07. The van der Waals surface area contributed by atoms with Gasteiger partial charge in [-0.1, -0.05) is 12.1 Å². The number of halogens is 2. The molecule has 2 aromatic carbocycles. The van der Waals surface area contributed by atoms with E-state index < -0.39 is 11.6 Å². The number of nitrogens with one attached hydrogen (secondary N) is 1. The van der Waals surface area contributed by atoms with Gasteiger partial charge in [-0.05, 0) is 29.8 Å². The van der Waals surface area contributed by atoms with Gasteiger partial charge in [0.15, 0.2) is 0 Å². The molecule has 5 nitrogen and oxygen atoms in total.